The Kier molecular flexibility index (Phi) is 2.57. The monoisotopic (exact) mass is 218 g/mol. The minimum atomic E-state index is -0.0903. The number of aromatic nitrogens is 2. The Morgan fingerprint density at radius 1 is 1.19 bits per heavy atom. The zero-order chi connectivity index (χ0) is 11.1. The zero-order valence-electron chi connectivity index (χ0n) is 10.7. The summed E-state index contributed by atoms with van der Waals surface area (Å²) in [6.45, 7) is -0.0903. The Morgan fingerprint density at radius 3 is 2.19 bits per heavy atom. The summed E-state index contributed by atoms with van der Waals surface area (Å²) in [5, 5.41) is 0. The fourth-order valence-electron chi connectivity index (χ4n) is 4.74. The maximum atomic E-state index is 2.39. The molecule has 1 aromatic heterocycles. The van der Waals surface area contributed by atoms with Crippen LogP contribution in [-0.4, -0.2) is 11.3 Å². The Morgan fingerprint density at radius 2 is 1.75 bits per heavy atom. The highest BCUT2D eigenvalue weighted by molar-refractivity contribution is 6.74. The third-order valence-electron chi connectivity index (χ3n) is 5.39. The molecule has 2 bridgehead atoms. The van der Waals surface area contributed by atoms with E-state index < -0.39 is 0 Å². The van der Waals surface area contributed by atoms with Gasteiger partial charge in [0.25, 0.3) is 0 Å². The second-order valence-corrected chi connectivity index (χ2v) is 6.17. The molecule has 0 N–H and O–H groups in total. The Hall–Kier alpha value is -0.725. The highest BCUT2D eigenvalue weighted by Gasteiger charge is 2.36. The summed E-state index contributed by atoms with van der Waals surface area (Å²) in [4.78, 5) is 0. The van der Waals surface area contributed by atoms with Gasteiger partial charge in [-0.05, 0) is 0 Å². The van der Waals surface area contributed by atoms with Crippen LogP contribution in [-0.2, 0) is 14.1 Å². The third kappa shape index (κ3) is 1.52. The van der Waals surface area contributed by atoms with Crippen LogP contribution in [0.15, 0.2) is 12.4 Å². The SMILES string of the molecule is Cn1cc[n+](C)c1[BH-]1C2CCCC1CCC2. The van der Waals surface area contributed by atoms with Gasteiger partial charge in [-0.1, -0.05) is 38.5 Å². The summed E-state index contributed by atoms with van der Waals surface area (Å²) in [6.07, 6.45) is 13.5. The molecule has 16 heavy (non-hydrogen) atoms. The van der Waals surface area contributed by atoms with Crippen LogP contribution >= 0.6 is 0 Å². The topological polar surface area (TPSA) is 8.81 Å². The molecule has 3 rings (SSSR count). The molecule has 0 atom stereocenters. The molecule has 88 valence electrons. The van der Waals surface area contributed by atoms with Gasteiger partial charge in [0.2, 0.25) is 0 Å². The third-order valence-corrected chi connectivity index (χ3v) is 5.39. The van der Waals surface area contributed by atoms with Crippen molar-refractivity contribution in [2.45, 2.75) is 50.2 Å². The fourth-order valence-corrected chi connectivity index (χ4v) is 4.74. The number of rotatable bonds is 1. The molecule has 0 radical (unpaired) electrons. The van der Waals surface area contributed by atoms with Crippen LogP contribution in [0.1, 0.15) is 38.5 Å². The molecule has 3 heteroatoms. The first-order chi connectivity index (χ1) is 7.77. The summed E-state index contributed by atoms with van der Waals surface area (Å²) >= 11 is 0. The van der Waals surface area contributed by atoms with E-state index in [-0.39, 0.29) is 6.71 Å². The molecule has 0 saturated carbocycles. The molecule has 0 amide bonds. The molecule has 0 aliphatic carbocycles. The Bertz CT molecular complexity index is 344. The van der Waals surface area contributed by atoms with Crippen LogP contribution < -0.4 is 10.3 Å². The molecule has 0 unspecified atom stereocenters. The van der Waals surface area contributed by atoms with Crippen LogP contribution in [0.3, 0.4) is 0 Å². The Labute approximate surface area is 98.7 Å². The molecule has 1 aromatic rings. The normalized spacial score (nSPS) is 34.0. The number of aryl methyl sites for hydroxylation is 2. The summed E-state index contributed by atoms with van der Waals surface area (Å²) < 4.78 is 4.77. The van der Waals surface area contributed by atoms with Crippen molar-refractivity contribution in [1.82, 2.24) is 4.57 Å². The first kappa shape index (κ1) is 10.4. The van der Waals surface area contributed by atoms with Gasteiger partial charge in [0, 0.05) is 0 Å². The maximum Gasteiger partial charge on any atom is 0.126 e. The average molecular weight is 218 g/mol. The van der Waals surface area contributed by atoms with Crippen molar-refractivity contribution in [3.8, 4) is 0 Å². The largest absolute Gasteiger partial charge is 0.274 e. The summed E-state index contributed by atoms with van der Waals surface area (Å²) in [6, 6.07) is 0. The highest BCUT2D eigenvalue weighted by Crippen LogP contribution is 2.45. The van der Waals surface area contributed by atoms with Crippen LogP contribution in [0.2, 0.25) is 11.6 Å². The van der Waals surface area contributed by atoms with E-state index in [1.165, 1.54) is 38.5 Å². The van der Waals surface area contributed by atoms with Crippen molar-refractivity contribution in [3.63, 3.8) is 0 Å². The van der Waals surface area contributed by atoms with E-state index in [2.05, 4.69) is 35.6 Å². The molecule has 2 aliphatic rings. The van der Waals surface area contributed by atoms with Gasteiger partial charge in [0.05, 0.1) is 19.8 Å². The number of hydrogen-bond acceptors (Lipinski definition) is 0. The lowest BCUT2D eigenvalue weighted by molar-refractivity contribution is -0.653. The van der Waals surface area contributed by atoms with E-state index >= 15 is 0 Å². The highest BCUT2D eigenvalue weighted by atomic mass is 15.1. The van der Waals surface area contributed by atoms with Gasteiger partial charge in [-0.25, -0.2) is 0 Å². The minimum Gasteiger partial charge on any atom is -0.274 e. The molecule has 2 fully saturated rings. The van der Waals surface area contributed by atoms with E-state index in [1.807, 2.05) is 0 Å². The van der Waals surface area contributed by atoms with Gasteiger partial charge < -0.3 is 0 Å². The van der Waals surface area contributed by atoms with Crippen molar-refractivity contribution in [3.05, 3.63) is 12.4 Å². The number of imidazole rings is 1. The van der Waals surface area contributed by atoms with Crippen molar-refractivity contribution < 1.29 is 4.57 Å². The summed E-state index contributed by atoms with van der Waals surface area (Å²) in [5.41, 5.74) is 1.65. The van der Waals surface area contributed by atoms with Gasteiger partial charge in [0.1, 0.15) is 19.1 Å². The van der Waals surface area contributed by atoms with Gasteiger partial charge in [0.15, 0.2) is 0 Å². The summed E-state index contributed by atoms with van der Waals surface area (Å²) in [5.74, 6) is 2.10. The van der Waals surface area contributed by atoms with Crippen LogP contribution in [0.25, 0.3) is 0 Å². The quantitative estimate of drug-likeness (QED) is 0.497. The van der Waals surface area contributed by atoms with E-state index in [0.717, 1.165) is 11.6 Å². The summed E-state index contributed by atoms with van der Waals surface area (Å²) in [7, 11) is 4.46. The fraction of sp³-hybridized carbons (Fsp3) is 0.769. The van der Waals surface area contributed by atoms with E-state index in [1.54, 1.807) is 5.72 Å². The number of fused-ring (bicyclic) bond motifs is 2. The zero-order valence-corrected chi connectivity index (χ0v) is 10.7. The predicted octanol–water partition coefficient (Wildman–Crippen LogP) is 1.39. The maximum absolute atomic E-state index is 2.39. The average Bonchev–Trinajstić information content (AvgIpc) is 2.57. The number of hydrogen-bond donors (Lipinski definition) is 0. The van der Waals surface area contributed by atoms with Gasteiger partial charge in [-0.3, -0.25) is 9.13 Å². The first-order valence-electron chi connectivity index (χ1n) is 6.99. The lowest BCUT2D eigenvalue weighted by Gasteiger charge is -2.46. The molecule has 3 heterocycles. The smallest absolute Gasteiger partial charge is 0.126 e. The predicted molar refractivity (Wildman–Crippen MR) is 68.6 cm³/mol. The molecule has 0 aromatic carbocycles. The van der Waals surface area contributed by atoms with Crippen LogP contribution in [0.4, 0.5) is 0 Å². The molecular formula is C13H23BN2. The van der Waals surface area contributed by atoms with E-state index in [4.69, 9.17) is 0 Å². The van der Waals surface area contributed by atoms with Crippen molar-refractivity contribution in [2.24, 2.45) is 14.1 Å². The van der Waals surface area contributed by atoms with Crippen molar-refractivity contribution in [1.29, 1.82) is 0 Å². The molecule has 2 aliphatic heterocycles. The molecule has 2 saturated heterocycles. The second-order valence-electron chi connectivity index (χ2n) is 6.17. The lowest BCUT2D eigenvalue weighted by atomic mass is 9.26. The van der Waals surface area contributed by atoms with Crippen molar-refractivity contribution >= 4 is 12.4 Å². The van der Waals surface area contributed by atoms with Crippen molar-refractivity contribution in [2.75, 3.05) is 0 Å². The van der Waals surface area contributed by atoms with Crippen LogP contribution in [0.5, 0.6) is 0 Å². The second kappa shape index (κ2) is 3.94. The standard InChI is InChI=1S/C13H23BN2/c1-15-9-10-16(2)13(15)14-11-5-3-6-12(14)8-4-7-11/h9-12,14H,3-8H2,1-2H3. The molecular weight excluding hydrogens is 195 g/mol. The number of nitrogens with zero attached hydrogens (tertiary/aromatic N) is 2. The molecule has 0 spiro atoms. The first-order valence-corrected chi connectivity index (χ1v) is 6.99. The van der Waals surface area contributed by atoms with E-state index in [9.17, 15) is 0 Å². The van der Waals surface area contributed by atoms with Gasteiger partial charge in [-0.2, -0.15) is 11.6 Å². The Balaban J connectivity index is 1.99. The van der Waals surface area contributed by atoms with Gasteiger partial charge >= 0.3 is 0 Å². The minimum absolute atomic E-state index is 0.0903. The lowest BCUT2D eigenvalue weighted by Crippen LogP contribution is -2.60. The van der Waals surface area contributed by atoms with Gasteiger partial charge in [-0.15, -0.1) is 0 Å². The van der Waals surface area contributed by atoms with E-state index in [0.29, 0.717) is 0 Å². The molecule has 2 nitrogen and oxygen atoms in total. The van der Waals surface area contributed by atoms with Crippen LogP contribution in [0, 0.1) is 0 Å².